The largest absolute Gasteiger partial charge is 0.463 e. The highest BCUT2D eigenvalue weighted by atomic mass is 32.1. The summed E-state index contributed by atoms with van der Waals surface area (Å²) in [4.78, 5) is 11.4. The molecule has 0 aromatic carbocycles. The fraction of sp³-hybridized carbons (Fsp3) is 0.364. The monoisotopic (exact) mass is 264 g/mol. The minimum Gasteiger partial charge on any atom is -0.463 e. The van der Waals surface area contributed by atoms with Crippen molar-refractivity contribution in [2.45, 2.75) is 20.0 Å². The lowest BCUT2D eigenvalue weighted by Gasteiger charge is -2.13. The first-order chi connectivity index (χ1) is 7.88. The molecule has 0 aliphatic carbocycles. The molecule has 0 saturated heterocycles. The number of alkyl halides is 3. The van der Waals surface area contributed by atoms with E-state index in [-0.39, 0.29) is 11.5 Å². The number of allylic oxidation sites excluding steroid dienone is 1. The van der Waals surface area contributed by atoms with E-state index in [9.17, 15) is 18.0 Å². The van der Waals surface area contributed by atoms with Crippen molar-refractivity contribution in [3.05, 3.63) is 28.0 Å². The number of carbonyl (C=O) groups excluding carboxylic acids is 1. The maximum Gasteiger partial charge on any atom is 0.418 e. The van der Waals surface area contributed by atoms with E-state index in [1.165, 1.54) is 17.5 Å². The molecule has 0 unspecified atom stereocenters. The normalized spacial score (nSPS) is 13.2. The Labute approximate surface area is 101 Å². The van der Waals surface area contributed by atoms with Crippen molar-refractivity contribution >= 4 is 22.9 Å². The Hall–Kier alpha value is -1.30. The molecule has 0 bridgehead atoms. The average Bonchev–Trinajstić information content (AvgIpc) is 2.69. The summed E-state index contributed by atoms with van der Waals surface area (Å²) >= 11 is 0.936. The first-order valence-electron chi connectivity index (χ1n) is 4.87. The number of ether oxygens (including phenoxy) is 1. The predicted octanol–water partition coefficient (Wildman–Crippen LogP) is 3.65. The van der Waals surface area contributed by atoms with Gasteiger partial charge in [-0.2, -0.15) is 13.2 Å². The molecule has 0 amide bonds. The molecule has 0 aliphatic rings. The third kappa shape index (κ3) is 3.33. The third-order valence-electron chi connectivity index (χ3n) is 2.01. The standard InChI is InChI=1S/C11H11F3O2S/c1-3-16-10(15)7(2)9(11(12,13)14)8-5-4-6-17-8/h4-6H,3H2,1-2H3/b9-7+. The first kappa shape index (κ1) is 13.8. The van der Waals surface area contributed by atoms with Gasteiger partial charge in [0, 0.05) is 10.5 Å². The van der Waals surface area contributed by atoms with Gasteiger partial charge in [0.2, 0.25) is 0 Å². The SMILES string of the molecule is CCOC(=O)/C(C)=C(\c1cccs1)C(F)(F)F. The van der Waals surface area contributed by atoms with E-state index >= 15 is 0 Å². The van der Waals surface area contributed by atoms with Crippen LogP contribution < -0.4 is 0 Å². The van der Waals surface area contributed by atoms with Crippen LogP contribution in [0.2, 0.25) is 0 Å². The van der Waals surface area contributed by atoms with Gasteiger partial charge < -0.3 is 4.74 Å². The number of hydrogen-bond acceptors (Lipinski definition) is 3. The summed E-state index contributed by atoms with van der Waals surface area (Å²) in [7, 11) is 0. The van der Waals surface area contributed by atoms with E-state index in [1.807, 2.05) is 0 Å². The minimum atomic E-state index is -4.57. The van der Waals surface area contributed by atoms with Crippen LogP contribution in [-0.2, 0) is 9.53 Å². The molecule has 1 aromatic rings. The molecular weight excluding hydrogens is 253 g/mol. The molecule has 0 spiro atoms. The highest BCUT2D eigenvalue weighted by molar-refractivity contribution is 7.11. The highest BCUT2D eigenvalue weighted by Gasteiger charge is 2.38. The summed E-state index contributed by atoms with van der Waals surface area (Å²) in [5, 5.41) is 1.53. The molecule has 0 radical (unpaired) electrons. The topological polar surface area (TPSA) is 26.3 Å². The lowest BCUT2D eigenvalue weighted by atomic mass is 10.1. The quantitative estimate of drug-likeness (QED) is 0.615. The van der Waals surface area contributed by atoms with Crippen molar-refractivity contribution in [2.24, 2.45) is 0 Å². The van der Waals surface area contributed by atoms with Gasteiger partial charge in [0.15, 0.2) is 0 Å². The zero-order chi connectivity index (χ0) is 13.1. The second kappa shape index (κ2) is 5.35. The number of esters is 1. The zero-order valence-electron chi connectivity index (χ0n) is 9.30. The van der Waals surface area contributed by atoms with Crippen LogP contribution in [-0.4, -0.2) is 18.8 Å². The second-order valence-corrected chi connectivity index (χ2v) is 4.14. The number of halogens is 3. The molecule has 94 valence electrons. The van der Waals surface area contributed by atoms with Gasteiger partial charge in [0.1, 0.15) is 0 Å². The van der Waals surface area contributed by atoms with Gasteiger partial charge in [-0.05, 0) is 25.3 Å². The maximum atomic E-state index is 12.9. The van der Waals surface area contributed by atoms with Crippen LogP contribution in [0.4, 0.5) is 13.2 Å². The number of thiophene rings is 1. The molecule has 0 N–H and O–H groups in total. The number of rotatable bonds is 3. The van der Waals surface area contributed by atoms with Crippen LogP contribution in [0.25, 0.3) is 5.57 Å². The molecular formula is C11H11F3O2S. The number of hydrogen-bond donors (Lipinski definition) is 0. The van der Waals surface area contributed by atoms with Crippen molar-refractivity contribution < 1.29 is 22.7 Å². The molecule has 2 nitrogen and oxygen atoms in total. The van der Waals surface area contributed by atoms with Crippen molar-refractivity contribution in [2.75, 3.05) is 6.61 Å². The molecule has 0 aliphatic heterocycles. The van der Waals surface area contributed by atoms with Crippen LogP contribution in [0.3, 0.4) is 0 Å². The van der Waals surface area contributed by atoms with Gasteiger partial charge in [0.05, 0.1) is 12.2 Å². The Morgan fingerprint density at radius 1 is 1.47 bits per heavy atom. The molecule has 0 saturated carbocycles. The molecule has 6 heteroatoms. The van der Waals surface area contributed by atoms with Crippen LogP contribution in [0.1, 0.15) is 18.7 Å². The van der Waals surface area contributed by atoms with Gasteiger partial charge >= 0.3 is 12.1 Å². The van der Waals surface area contributed by atoms with Gasteiger partial charge in [-0.15, -0.1) is 11.3 Å². The van der Waals surface area contributed by atoms with Crippen LogP contribution in [0, 0.1) is 0 Å². The molecule has 17 heavy (non-hydrogen) atoms. The zero-order valence-corrected chi connectivity index (χ0v) is 10.1. The van der Waals surface area contributed by atoms with Crippen molar-refractivity contribution in [1.82, 2.24) is 0 Å². The molecule has 1 heterocycles. The van der Waals surface area contributed by atoms with Gasteiger partial charge in [-0.3, -0.25) is 0 Å². The fourth-order valence-corrected chi connectivity index (χ4v) is 2.15. The second-order valence-electron chi connectivity index (χ2n) is 3.20. The highest BCUT2D eigenvalue weighted by Crippen LogP contribution is 2.38. The average molecular weight is 264 g/mol. The summed E-state index contributed by atoms with van der Waals surface area (Å²) in [6.45, 7) is 2.72. The summed E-state index contributed by atoms with van der Waals surface area (Å²) in [5.41, 5.74) is -1.34. The van der Waals surface area contributed by atoms with E-state index in [1.54, 1.807) is 6.92 Å². The Balaban J connectivity index is 3.24. The first-order valence-corrected chi connectivity index (χ1v) is 5.75. The van der Waals surface area contributed by atoms with Crippen LogP contribution in [0.5, 0.6) is 0 Å². The van der Waals surface area contributed by atoms with Crippen molar-refractivity contribution in [3.63, 3.8) is 0 Å². The molecule has 0 atom stereocenters. The lowest BCUT2D eigenvalue weighted by Crippen LogP contribution is -2.16. The predicted molar refractivity (Wildman–Crippen MR) is 59.6 cm³/mol. The molecule has 0 fully saturated rings. The lowest BCUT2D eigenvalue weighted by molar-refractivity contribution is -0.138. The Kier molecular flexibility index (Phi) is 4.34. The summed E-state index contributed by atoms with van der Waals surface area (Å²) < 4.78 is 43.2. The van der Waals surface area contributed by atoms with E-state index in [0.29, 0.717) is 0 Å². The third-order valence-corrected chi connectivity index (χ3v) is 2.90. The summed E-state index contributed by atoms with van der Waals surface area (Å²) in [6.07, 6.45) is -4.57. The van der Waals surface area contributed by atoms with E-state index in [2.05, 4.69) is 4.74 Å². The Bertz CT molecular complexity index is 418. The van der Waals surface area contributed by atoms with E-state index in [4.69, 9.17) is 0 Å². The summed E-state index contributed by atoms with van der Waals surface area (Å²) in [6, 6.07) is 2.83. The fourth-order valence-electron chi connectivity index (χ4n) is 1.30. The van der Waals surface area contributed by atoms with Gasteiger partial charge in [-0.1, -0.05) is 6.07 Å². The molecule has 1 rings (SSSR count). The van der Waals surface area contributed by atoms with Crippen LogP contribution in [0.15, 0.2) is 23.1 Å². The minimum absolute atomic E-state index is 0.0167. The van der Waals surface area contributed by atoms with Gasteiger partial charge in [-0.25, -0.2) is 4.79 Å². The Morgan fingerprint density at radius 3 is 2.53 bits per heavy atom. The Morgan fingerprint density at radius 2 is 2.12 bits per heavy atom. The number of carbonyl (C=O) groups is 1. The maximum absolute atomic E-state index is 12.9. The van der Waals surface area contributed by atoms with E-state index in [0.717, 1.165) is 18.3 Å². The summed E-state index contributed by atoms with van der Waals surface area (Å²) in [5.74, 6) is -0.937. The van der Waals surface area contributed by atoms with Crippen molar-refractivity contribution in [3.8, 4) is 0 Å². The van der Waals surface area contributed by atoms with E-state index < -0.39 is 23.3 Å². The molecule has 1 aromatic heterocycles. The van der Waals surface area contributed by atoms with Crippen molar-refractivity contribution in [1.29, 1.82) is 0 Å². The smallest absolute Gasteiger partial charge is 0.418 e. The van der Waals surface area contributed by atoms with Crippen LogP contribution >= 0.6 is 11.3 Å². The van der Waals surface area contributed by atoms with Gasteiger partial charge in [0.25, 0.3) is 0 Å².